The second kappa shape index (κ2) is 6.75. The molecule has 5 nitrogen and oxygen atoms in total. The van der Waals surface area contributed by atoms with Gasteiger partial charge in [0.05, 0.1) is 26.2 Å². The van der Waals surface area contributed by atoms with Crippen LogP contribution in [0.25, 0.3) is 0 Å². The Hall–Kier alpha value is -1.08. The molecule has 0 saturated carbocycles. The number of aliphatic hydroxyl groups excluding tert-OH is 3. The van der Waals surface area contributed by atoms with E-state index in [1.165, 1.54) is 0 Å². The zero-order valence-corrected chi connectivity index (χ0v) is 10.7. The number of rotatable bonds is 6. The van der Waals surface area contributed by atoms with Gasteiger partial charge in [-0.1, -0.05) is 12.1 Å². The van der Waals surface area contributed by atoms with E-state index >= 15 is 0 Å². The van der Waals surface area contributed by atoms with Gasteiger partial charge in [0.15, 0.2) is 0 Å². The number of aliphatic hydroxyl groups is 3. The third-order valence-corrected chi connectivity index (χ3v) is 2.91. The smallest absolute Gasteiger partial charge is 0.225 e. The summed E-state index contributed by atoms with van der Waals surface area (Å²) in [6.07, 6.45) is 0.107. The second-order valence-electron chi connectivity index (χ2n) is 4.15. The summed E-state index contributed by atoms with van der Waals surface area (Å²) >= 11 is 4.14. The summed E-state index contributed by atoms with van der Waals surface area (Å²) in [7, 11) is 0. The Morgan fingerprint density at radius 1 is 1.11 bits per heavy atom. The van der Waals surface area contributed by atoms with E-state index in [-0.39, 0.29) is 12.3 Å². The Labute approximate surface area is 111 Å². The second-order valence-corrected chi connectivity index (χ2v) is 4.66. The molecule has 18 heavy (non-hydrogen) atoms. The molecule has 0 bridgehead atoms. The zero-order chi connectivity index (χ0) is 13.6. The first kappa shape index (κ1) is 15.0. The van der Waals surface area contributed by atoms with Gasteiger partial charge in [0.25, 0.3) is 0 Å². The number of hydrogen-bond acceptors (Lipinski definition) is 5. The van der Waals surface area contributed by atoms with Crippen LogP contribution in [0.4, 0.5) is 0 Å². The van der Waals surface area contributed by atoms with E-state index in [4.69, 9.17) is 15.3 Å². The highest BCUT2D eigenvalue weighted by Crippen LogP contribution is 2.09. The highest BCUT2D eigenvalue weighted by Gasteiger charge is 2.29. The monoisotopic (exact) mass is 271 g/mol. The number of carbonyl (C=O) groups is 1. The van der Waals surface area contributed by atoms with Gasteiger partial charge in [-0.3, -0.25) is 4.79 Å². The largest absolute Gasteiger partial charge is 0.394 e. The van der Waals surface area contributed by atoms with Crippen LogP contribution >= 0.6 is 12.6 Å². The molecule has 1 rings (SSSR count). The summed E-state index contributed by atoms with van der Waals surface area (Å²) in [5.74, 6) is -0.376. The van der Waals surface area contributed by atoms with Crippen LogP contribution in [0, 0.1) is 0 Å². The van der Waals surface area contributed by atoms with Gasteiger partial charge in [-0.2, -0.15) is 0 Å². The molecule has 0 aliphatic rings. The summed E-state index contributed by atoms with van der Waals surface area (Å²) in [6, 6.07) is 7.06. The summed E-state index contributed by atoms with van der Waals surface area (Å²) in [6.45, 7) is -1.58. The molecule has 0 spiro atoms. The van der Waals surface area contributed by atoms with E-state index in [1.54, 1.807) is 24.3 Å². The lowest BCUT2D eigenvalue weighted by Gasteiger charge is -2.28. The Bertz CT molecular complexity index is 381. The van der Waals surface area contributed by atoms with E-state index in [2.05, 4.69) is 17.9 Å². The third-order valence-electron chi connectivity index (χ3n) is 2.61. The van der Waals surface area contributed by atoms with Crippen LogP contribution in [0.5, 0.6) is 0 Å². The Morgan fingerprint density at radius 2 is 1.61 bits per heavy atom. The van der Waals surface area contributed by atoms with Crippen molar-refractivity contribution >= 4 is 18.5 Å². The van der Waals surface area contributed by atoms with Gasteiger partial charge in [-0.25, -0.2) is 0 Å². The maximum absolute atomic E-state index is 11.7. The maximum Gasteiger partial charge on any atom is 0.225 e. The quantitative estimate of drug-likeness (QED) is 0.445. The molecular weight excluding hydrogens is 254 g/mol. The Morgan fingerprint density at radius 3 is 2.06 bits per heavy atom. The fourth-order valence-corrected chi connectivity index (χ4v) is 1.56. The van der Waals surface area contributed by atoms with Crippen LogP contribution in [-0.4, -0.2) is 46.6 Å². The standard InChI is InChI=1S/C12H17NO4S/c14-6-12(7-15,8-16)13-11(17)5-9-1-3-10(18)4-2-9/h1-4,14-16,18H,5-8H2,(H,13,17). The van der Waals surface area contributed by atoms with Crippen molar-refractivity contribution in [2.24, 2.45) is 0 Å². The number of carbonyl (C=O) groups excluding carboxylic acids is 1. The summed E-state index contributed by atoms with van der Waals surface area (Å²) in [5, 5.41) is 29.7. The van der Waals surface area contributed by atoms with Crippen LogP contribution in [-0.2, 0) is 11.2 Å². The van der Waals surface area contributed by atoms with Gasteiger partial charge in [0.2, 0.25) is 5.91 Å². The van der Waals surface area contributed by atoms with E-state index in [0.29, 0.717) is 0 Å². The van der Waals surface area contributed by atoms with Crippen molar-refractivity contribution < 1.29 is 20.1 Å². The lowest BCUT2D eigenvalue weighted by Crippen LogP contribution is -2.57. The molecule has 1 aromatic carbocycles. The number of hydrogen-bond donors (Lipinski definition) is 5. The van der Waals surface area contributed by atoms with Crippen molar-refractivity contribution in [3.63, 3.8) is 0 Å². The van der Waals surface area contributed by atoms with Gasteiger partial charge in [0, 0.05) is 4.90 Å². The SMILES string of the molecule is O=C(Cc1ccc(S)cc1)NC(CO)(CO)CO. The minimum Gasteiger partial charge on any atom is -0.394 e. The first-order valence-electron chi connectivity index (χ1n) is 5.47. The predicted molar refractivity (Wildman–Crippen MR) is 69.5 cm³/mol. The summed E-state index contributed by atoms with van der Waals surface area (Å²) in [5.41, 5.74) is -0.589. The maximum atomic E-state index is 11.7. The number of amides is 1. The van der Waals surface area contributed by atoms with E-state index in [1.807, 2.05) is 0 Å². The molecule has 0 unspecified atom stereocenters. The Kier molecular flexibility index (Phi) is 5.61. The molecule has 0 aromatic heterocycles. The highest BCUT2D eigenvalue weighted by atomic mass is 32.1. The third kappa shape index (κ3) is 3.99. The van der Waals surface area contributed by atoms with Gasteiger partial charge in [-0.15, -0.1) is 12.6 Å². The first-order chi connectivity index (χ1) is 8.55. The van der Waals surface area contributed by atoms with E-state index in [9.17, 15) is 4.79 Å². The van der Waals surface area contributed by atoms with E-state index in [0.717, 1.165) is 10.5 Å². The first-order valence-corrected chi connectivity index (χ1v) is 5.91. The fraction of sp³-hybridized carbons (Fsp3) is 0.417. The van der Waals surface area contributed by atoms with Crippen LogP contribution in [0.2, 0.25) is 0 Å². The van der Waals surface area contributed by atoms with Crippen molar-refractivity contribution in [2.45, 2.75) is 16.9 Å². The average Bonchev–Trinajstić information content (AvgIpc) is 2.39. The molecule has 0 radical (unpaired) electrons. The average molecular weight is 271 g/mol. The minimum absolute atomic E-state index is 0.107. The molecule has 0 atom stereocenters. The zero-order valence-electron chi connectivity index (χ0n) is 9.83. The number of nitrogens with one attached hydrogen (secondary N) is 1. The summed E-state index contributed by atoms with van der Waals surface area (Å²) < 4.78 is 0. The number of benzene rings is 1. The minimum atomic E-state index is -1.37. The van der Waals surface area contributed by atoms with Crippen LogP contribution in [0.1, 0.15) is 5.56 Å². The van der Waals surface area contributed by atoms with Crippen molar-refractivity contribution in [3.8, 4) is 0 Å². The Balaban J connectivity index is 2.63. The van der Waals surface area contributed by atoms with Gasteiger partial charge >= 0.3 is 0 Å². The molecule has 1 amide bonds. The molecule has 4 N–H and O–H groups in total. The fourth-order valence-electron chi connectivity index (χ4n) is 1.41. The molecule has 0 saturated heterocycles. The number of thiol groups is 1. The van der Waals surface area contributed by atoms with Crippen molar-refractivity contribution in [1.29, 1.82) is 0 Å². The van der Waals surface area contributed by atoms with E-state index < -0.39 is 25.4 Å². The van der Waals surface area contributed by atoms with Crippen LogP contribution in [0.15, 0.2) is 29.2 Å². The lowest BCUT2D eigenvalue weighted by atomic mass is 10.0. The van der Waals surface area contributed by atoms with Crippen LogP contribution < -0.4 is 5.32 Å². The highest BCUT2D eigenvalue weighted by molar-refractivity contribution is 7.80. The molecule has 0 heterocycles. The molecule has 1 aromatic rings. The van der Waals surface area contributed by atoms with Gasteiger partial charge in [0.1, 0.15) is 5.54 Å². The molecular formula is C12H17NO4S. The lowest BCUT2D eigenvalue weighted by molar-refractivity contribution is -0.124. The predicted octanol–water partition coefficient (Wildman–Crippen LogP) is -0.650. The summed E-state index contributed by atoms with van der Waals surface area (Å²) in [4.78, 5) is 12.5. The topological polar surface area (TPSA) is 89.8 Å². The molecule has 0 aliphatic heterocycles. The molecule has 0 aliphatic carbocycles. The molecule has 0 fully saturated rings. The van der Waals surface area contributed by atoms with Crippen LogP contribution in [0.3, 0.4) is 0 Å². The van der Waals surface area contributed by atoms with Gasteiger partial charge in [-0.05, 0) is 17.7 Å². The van der Waals surface area contributed by atoms with Gasteiger partial charge < -0.3 is 20.6 Å². The van der Waals surface area contributed by atoms with Crippen molar-refractivity contribution in [1.82, 2.24) is 5.32 Å². The van der Waals surface area contributed by atoms with Crippen molar-refractivity contribution in [3.05, 3.63) is 29.8 Å². The normalized spacial score (nSPS) is 11.3. The van der Waals surface area contributed by atoms with Crippen molar-refractivity contribution in [2.75, 3.05) is 19.8 Å². The molecule has 6 heteroatoms. The molecule has 100 valence electrons.